The molecule has 172 valence electrons. The number of nitrogens with zero attached hydrogens (tertiary/aromatic N) is 2. The first-order chi connectivity index (χ1) is 15.4. The lowest BCUT2D eigenvalue weighted by atomic mass is 10.0. The topological polar surface area (TPSA) is 68.3 Å². The van der Waals surface area contributed by atoms with E-state index >= 15 is 0 Å². The van der Waals surface area contributed by atoms with E-state index in [1.165, 1.54) is 0 Å². The van der Waals surface area contributed by atoms with Crippen LogP contribution in [0.3, 0.4) is 0 Å². The van der Waals surface area contributed by atoms with Crippen molar-refractivity contribution in [2.75, 3.05) is 39.9 Å². The number of carbonyl (C=O) groups excluding carboxylic acids is 2. The summed E-state index contributed by atoms with van der Waals surface area (Å²) >= 11 is 0. The third-order valence-electron chi connectivity index (χ3n) is 5.56. The number of benzene rings is 2. The van der Waals surface area contributed by atoms with E-state index < -0.39 is 6.10 Å². The molecule has 2 aromatic rings. The van der Waals surface area contributed by atoms with Crippen LogP contribution in [0.25, 0.3) is 0 Å². The summed E-state index contributed by atoms with van der Waals surface area (Å²) in [5, 5.41) is 0. The van der Waals surface area contributed by atoms with Gasteiger partial charge in [-0.05, 0) is 36.6 Å². The quantitative estimate of drug-likeness (QED) is 0.630. The van der Waals surface area contributed by atoms with Crippen LogP contribution >= 0.6 is 0 Å². The molecule has 1 saturated heterocycles. The Morgan fingerprint density at radius 1 is 0.844 bits per heavy atom. The highest BCUT2D eigenvalue weighted by atomic mass is 16.5. The van der Waals surface area contributed by atoms with Crippen molar-refractivity contribution in [3.05, 3.63) is 54.1 Å². The van der Waals surface area contributed by atoms with E-state index in [0.29, 0.717) is 43.6 Å². The highest BCUT2D eigenvalue weighted by Gasteiger charge is 2.28. The zero-order valence-corrected chi connectivity index (χ0v) is 19.2. The minimum atomic E-state index is -0.592. The second-order valence-corrected chi connectivity index (χ2v) is 8.10. The summed E-state index contributed by atoms with van der Waals surface area (Å²) in [6, 6.07) is 15.0. The molecule has 3 rings (SSSR count). The van der Waals surface area contributed by atoms with Crippen LogP contribution in [-0.4, -0.2) is 67.6 Å². The van der Waals surface area contributed by atoms with Crippen LogP contribution in [0.5, 0.6) is 17.2 Å². The smallest absolute Gasteiger partial charge is 0.263 e. The van der Waals surface area contributed by atoms with Gasteiger partial charge in [-0.15, -0.1) is 0 Å². The first-order valence-electron chi connectivity index (χ1n) is 11.0. The molecule has 32 heavy (non-hydrogen) atoms. The second kappa shape index (κ2) is 10.9. The van der Waals surface area contributed by atoms with E-state index in [9.17, 15) is 9.59 Å². The first kappa shape index (κ1) is 23.4. The average Bonchev–Trinajstić information content (AvgIpc) is 2.82. The molecule has 2 amide bonds. The molecule has 1 fully saturated rings. The van der Waals surface area contributed by atoms with Crippen LogP contribution in [-0.2, 0) is 9.59 Å². The summed E-state index contributed by atoms with van der Waals surface area (Å²) in [5.41, 5.74) is 1.08. The van der Waals surface area contributed by atoms with Gasteiger partial charge in [0, 0.05) is 26.2 Å². The van der Waals surface area contributed by atoms with Crippen molar-refractivity contribution in [2.24, 2.45) is 0 Å². The number of carbonyl (C=O) groups is 2. The van der Waals surface area contributed by atoms with Crippen LogP contribution < -0.4 is 14.2 Å². The summed E-state index contributed by atoms with van der Waals surface area (Å²) in [6.45, 7) is 7.78. The maximum atomic E-state index is 12.9. The zero-order valence-electron chi connectivity index (χ0n) is 19.2. The Balaban J connectivity index is 1.49. The lowest BCUT2D eigenvalue weighted by Crippen LogP contribution is -2.54. The van der Waals surface area contributed by atoms with Gasteiger partial charge in [0.2, 0.25) is 0 Å². The molecule has 1 atom stereocenters. The first-order valence-corrected chi connectivity index (χ1v) is 11.0. The number of piperazine rings is 1. The van der Waals surface area contributed by atoms with Gasteiger partial charge in [-0.2, -0.15) is 0 Å². The molecule has 1 heterocycles. The fraction of sp³-hybridized carbons (Fsp3) is 0.440. The minimum absolute atomic E-state index is 0.0686. The van der Waals surface area contributed by atoms with Crippen molar-refractivity contribution in [1.82, 2.24) is 9.80 Å². The highest BCUT2D eigenvalue weighted by molar-refractivity contribution is 5.82. The SMILES string of the molecule is COc1ccccc1OCC(=O)N1CCN(C(=O)C(C)Oc2ccccc2C(C)C)CC1. The molecule has 0 radical (unpaired) electrons. The van der Waals surface area contributed by atoms with Crippen LogP contribution in [0, 0.1) is 0 Å². The predicted molar refractivity (Wildman–Crippen MR) is 122 cm³/mol. The van der Waals surface area contributed by atoms with Gasteiger partial charge in [0.25, 0.3) is 11.8 Å². The second-order valence-electron chi connectivity index (χ2n) is 8.10. The molecule has 0 bridgehead atoms. The third kappa shape index (κ3) is 5.72. The number of hydrogen-bond acceptors (Lipinski definition) is 5. The van der Waals surface area contributed by atoms with E-state index in [-0.39, 0.29) is 18.4 Å². The third-order valence-corrected chi connectivity index (χ3v) is 5.56. The monoisotopic (exact) mass is 440 g/mol. The Labute approximate surface area is 189 Å². The van der Waals surface area contributed by atoms with Gasteiger partial charge in [-0.1, -0.05) is 44.2 Å². The van der Waals surface area contributed by atoms with Gasteiger partial charge >= 0.3 is 0 Å². The Kier molecular flexibility index (Phi) is 7.98. The molecule has 1 unspecified atom stereocenters. The van der Waals surface area contributed by atoms with Crippen LogP contribution in [0.15, 0.2) is 48.5 Å². The summed E-state index contributed by atoms with van der Waals surface area (Å²) in [6.07, 6.45) is -0.592. The van der Waals surface area contributed by atoms with Crippen LogP contribution in [0.2, 0.25) is 0 Å². The molecule has 0 saturated carbocycles. The Bertz CT molecular complexity index is 922. The molecule has 0 N–H and O–H groups in total. The van der Waals surface area contributed by atoms with E-state index in [0.717, 1.165) is 11.3 Å². The molecule has 1 aliphatic heterocycles. The molecule has 0 aliphatic carbocycles. The largest absolute Gasteiger partial charge is 0.493 e. The average molecular weight is 441 g/mol. The lowest BCUT2D eigenvalue weighted by molar-refractivity contribution is -0.144. The summed E-state index contributed by atoms with van der Waals surface area (Å²) in [4.78, 5) is 28.9. The molecular weight excluding hydrogens is 408 g/mol. The highest BCUT2D eigenvalue weighted by Crippen LogP contribution is 2.27. The van der Waals surface area contributed by atoms with Gasteiger partial charge in [-0.25, -0.2) is 0 Å². The Morgan fingerprint density at radius 2 is 1.41 bits per heavy atom. The van der Waals surface area contributed by atoms with E-state index in [1.807, 2.05) is 36.4 Å². The standard InChI is InChI=1S/C25H32N2O5/c1-18(2)20-9-5-6-10-21(20)32-19(3)25(29)27-15-13-26(14-16-27)24(28)17-31-23-12-8-7-11-22(23)30-4/h5-12,18-19H,13-17H2,1-4H3. The number of methoxy groups -OCH3 is 1. The number of hydrogen-bond donors (Lipinski definition) is 0. The van der Waals surface area contributed by atoms with Crippen molar-refractivity contribution < 1.29 is 23.8 Å². The van der Waals surface area contributed by atoms with Gasteiger partial charge < -0.3 is 24.0 Å². The molecule has 2 aromatic carbocycles. The number of ether oxygens (including phenoxy) is 3. The van der Waals surface area contributed by atoms with E-state index in [2.05, 4.69) is 13.8 Å². The Hall–Kier alpha value is -3.22. The van der Waals surface area contributed by atoms with Gasteiger partial charge in [-0.3, -0.25) is 9.59 Å². The molecular formula is C25H32N2O5. The van der Waals surface area contributed by atoms with E-state index in [4.69, 9.17) is 14.2 Å². The van der Waals surface area contributed by atoms with Gasteiger partial charge in [0.15, 0.2) is 24.2 Å². The fourth-order valence-electron chi connectivity index (χ4n) is 3.71. The minimum Gasteiger partial charge on any atom is -0.493 e. The zero-order chi connectivity index (χ0) is 23.1. The van der Waals surface area contributed by atoms with Crippen molar-refractivity contribution >= 4 is 11.8 Å². The van der Waals surface area contributed by atoms with E-state index in [1.54, 1.807) is 36.0 Å². The van der Waals surface area contributed by atoms with Crippen LogP contribution in [0.4, 0.5) is 0 Å². The number of amides is 2. The maximum Gasteiger partial charge on any atom is 0.263 e. The molecule has 1 aliphatic rings. The summed E-state index contributed by atoms with van der Waals surface area (Å²) in [7, 11) is 1.56. The van der Waals surface area contributed by atoms with Gasteiger partial charge in [0.1, 0.15) is 5.75 Å². The van der Waals surface area contributed by atoms with Crippen molar-refractivity contribution in [2.45, 2.75) is 32.8 Å². The summed E-state index contributed by atoms with van der Waals surface area (Å²) < 4.78 is 16.9. The van der Waals surface area contributed by atoms with Crippen molar-refractivity contribution in [3.63, 3.8) is 0 Å². The molecule has 7 heteroatoms. The number of rotatable bonds is 8. The maximum absolute atomic E-state index is 12.9. The fourth-order valence-corrected chi connectivity index (χ4v) is 3.71. The lowest BCUT2D eigenvalue weighted by Gasteiger charge is -2.36. The van der Waals surface area contributed by atoms with Crippen LogP contribution in [0.1, 0.15) is 32.3 Å². The normalized spacial score (nSPS) is 14.8. The van der Waals surface area contributed by atoms with Crippen molar-refractivity contribution in [1.29, 1.82) is 0 Å². The van der Waals surface area contributed by atoms with Crippen molar-refractivity contribution in [3.8, 4) is 17.2 Å². The van der Waals surface area contributed by atoms with Gasteiger partial charge in [0.05, 0.1) is 7.11 Å². The number of para-hydroxylation sites is 3. The molecule has 7 nitrogen and oxygen atoms in total. The molecule has 0 spiro atoms. The predicted octanol–water partition coefficient (Wildman–Crippen LogP) is 3.34. The Morgan fingerprint density at radius 3 is 2.03 bits per heavy atom. The summed E-state index contributed by atoms with van der Waals surface area (Å²) in [5.74, 6) is 1.99. The molecule has 0 aromatic heterocycles.